The number of nitrogens with one attached hydrogen (secondary N) is 1. The molecule has 0 saturated carbocycles. The van der Waals surface area contributed by atoms with Gasteiger partial charge in [-0.1, -0.05) is 59.8 Å². The predicted molar refractivity (Wildman–Crippen MR) is 122 cm³/mol. The normalized spacial score (nSPS) is 12.6. The highest BCUT2D eigenvalue weighted by Crippen LogP contribution is 2.41. The molecule has 0 radical (unpaired) electrons. The summed E-state index contributed by atoms with van der Waals surface area (Å²) in [6, 6.07) is 20.3. The number of anilines is 1. The SMILES string of the molecule is C=CCN1C(=O)c2ccccc2Sc2ccc(C(=O)NCc3ccccc3Cl)cc21. The van der Waals surface area contributed by atoms with Crippen LogP contribution in [0.4, 0.5) is 5.69 Å². The first-order valence-electron chi connectivity index (χ1n) is 9.44. The molecule has 0 bridgehead atoms. The minimum Gasteiger partial charge on any atom is -0.348 e. The Labute approximate surface area is 184 Å². The number of nitrogens with zero attached hydrogens (tertiary/aromatic N) is 1. The summed E-state index contributed by atoms with van der Waals surface area (Å²) >= 11 is 7.70. The van der Waals surface area contributed by atoms with Crippen molar-refractivity contribution in [3.05, 3.63) is 101 Å². The average Bonchev–Trinajstić information content (AvgIpc) is 2.88. The lowest BCUT2D eigenvalue weighted by molar-refractivity contribution is 0.0948. The van der Waals surface area contributed by atoms with Crippen LogP contribution in [0.1, 0.15) is 26.3 Å². The van der Waals surface area contributed by atoms with Crippen molar-refractivity contribution in [3.8, 4) is 0 Å². The van der Waals surface area contributed by atoms with Gasteiger partial charge in [0, 0.05) is 33.5 Å². The number of hydrogen-bond acceptors (Lipinski definition) is 3. The second-order valence-corrected chi connectivity index (χ2v) is 8.25. The molecule has 0 fully saturated rings. The summed E-state index contributed by atoms with van der Waals surface area (Å²) in [4.78, 5) is 29.4. The van der Waals surface area contributed by atoms with Gasteiger partial charge in [0.25, 0.3) is 11.8 Å². The van der Waals surface area contributed by atoms with Gasteiger partial charge in [0.15, 0.2) is 0 Å². The third-order valence-electron chi connectivity index (χ3n) is 4.80. The zero-order chi connectivity index (χ0) is 21.1. The van der Waals surface area contributed by atoms with Crippen LogP contribution in [-0.4, -0.2) is 18.4 Å². The summed E-state index contributed by atoms with van der Waals surface area (Å²) in [5.74, 6) is -0.333. The molecular formula is C24H19ClN2O2S. The minimum absolute atomic E-state index is 0.106. The third kappa shape index (κ3) is 3.99. The summed E-state index contributed by atoms with van der Waals surface area (Å²) in [5.41, 5.74) is 2.67. The first-order valence-corrected chi connectivity index (χ1v) is 10.6. The molecule has 0 saturated heterocycles. The minimum atomic E-state index is -0.226. The molecule has 0 spiro atoms. The summed E-state index contributed by atoms with van der Waals surface area (Å²) in [6.07, 6.45) is 1.68. The van der Waals surface area contributed by atoms with Crippen LogP contribution in [0.2, 0.25) is 5.02 Å². The molecule has 3 aromatic carbocycles. The second kappa shape index (κ2) is 8.78. The maximum absolute atomic E-state index is 13.2. The van der Waals surface area contributed by atoms with E-state index in [0.717, 1.165) is 15.4 Å². The van der Waals surface area contributed by atoms with Crippen LogP contribution in [0.3, 0.4) is 0 Å². The van der Waals surface area contributed by atoms with E-state index in [1.165, 1.54) is 11.8 Å². The largest absolute Gasteiger partial charge is 0.348 e. The van der Waals surface area contributed by atoms with Gasteiger partial charge in [0.05, 0.1) is 11.3 Å². The highest BCUT2D eigenvalue weighted by molar-refractivity contribution is 7.99. The fraction of sp³-hybridized carbons (Fsp3) is 0.0833. The number of benzene rings is 3. The van der Waals surface area contributed by atoms with Crippen molar-refractivity contribution < 1.29 is 9.59 Å². The molecular weight excluding hydrogens is 416 g/mol. The number of fused-ring (bicyclic) bond motifs is 2. The third-order valence-corrected chi connectivity index (χ3v) is 6.31. The maximum atomic E-state index is 13.2. The van der Waals surface area contributed by atoms with Crippen molar-refractivity contribution in [3.63, 3.8) is 0 Å². The van der Waals surface area contributed by atoms with E-state index in [1.54, 1.807) is 29.2 Å². The predicted octanol–water partition coefficient (Wildman–Crippen LogP) is 5.57. The van der Waals surface area contributed by atoms with Gasteiger partial charge < -0.3 is 10.2 Å². The van der Waals surface area contributed by atoms with Crippen LogP contribution in [-0.2, 0) is 6.54 Å². The molecule has 1 aliphatic heterocycles. The molecule has 30 heavy (non-hydrogen) atoms. The highest BCUT2D eigenvalue weighted by Gasteiger charge is 2.27. The topological polar surface area (TPSA) is 49.4 Å². The van der Waals surface area contributed by atoms with Crippen LogP contribution in [0, 0.1) is 0 Å². The summed E-state index contributed by atoms with van der Waals surface area (Å²) in [5, 5.41) is 3.51. The smallest absolute Gasteiger partial charge is 0.259 e. The van der Waals surface area contributed by atoms with E-state index in [0.29, 0.717) is 34.9 Å². The van der Waals surface area contributed by atoms with E-state index in [-0.39, 0.29) is 11.8 Å². The standard InChI is InChI=1S/C24H19ClN2O2S/c1-2-13-27-20-14-16(23(28)26-15-17-7-3-5-9-19(17)25)11-12-22(20)30-21-10-6-4-8-18(21)24(27)29/h2-12,14H,1,13,15H2,(H,26,28). The fourth-order valence-electron chi connectivity index (χ4n) is 3.29. The van der Waals surface area contributed by atoms with Gasteiger partial charge in [0.1, 0.15) is 0 Å². The fourth-order valence-corrected chi connectivity index (χ4v) is 4.55. The molecule has 6 heteroatoms. The van der Waals surface area contributed by atoms with E-state index in [9.17, 15) is 9.59 Å². The lowest BCUT2D eigenvalue weighted by Crippen LogP contribution is -2.31. The molecule has 4 nitrogen and oxygen atoms in total. The van der Waals surface area contributed by atoms with Crippen LogP contribution in [0.15, 0.2) is 89.2 Å². The lowest BCUT2D eigenvalue weighted by atomic mass is 10.1. The summed E-state index contributed by atoms with van der Waals surface area (Å²) in [7, 11) is 0. The average molecular weight is 435 g/mol. The van der Waals surface area contributed by atoms with Crippen molar-refractivity contribution in [1.29, 1.82) is 0 Å². The number of halogens is 1. The molecule has 4 rings (SSSR count). The Morgan fingerprint density at radius 2 is 1.83 bits per heavy atom. The number of amides is 2. The first-order chi connectivity index (χ1) is 14.6. The van der Waals surface area contributed by atoms with Gasteiger partial charge in [0.2, 0.25) is 0 Å². The molecule has 0 atom stereocenters. The molecule has 150 valence electrons. The second-order valence-electron chi connectivity index (χ2n) is 6.76. The molecule has 0 unspecified atom stereocenters. The number of carbonyl (C=O) groups excluding carboxylic acids is 2. The number of rotatable bonds is 5. The molecule has 3 aromatic rings. The Kier molecular flexibility index (Phi) is 5.93. The van der Waals surface area contributed by atoms with Gasteiger partial charge in [-0.05, 0) is 42.0 Å². The van der Waals surface area contributed by atoms with Crippen molar-refractivity contribution in [2.75, 3.05) is 11.4 Å². The molecule has 1 heterocycles. The van der Waals surface area contributed by atoms with Crippen LogP contribution in [0.5, 0.6) is 0 Å². The van der Waals surface area contributed by atoms with Crippen LogP contribution >= 0.6 is 23.4 Å². The monoisotopic (exact) mass is 434 g/mol. The van der Waals surface area contributed by atoms with Gasteiger partial charge in [-0.15, -0.1) is 6.58 Å². The molecule has 0 aromatic heterocycles. The van der Waals surface area contributed by atoms with Crippen molar-refractivity contribution >= 4 is 40.9 Å². The summed E-state index contributed by atoms with van der Waals surface area (Å²) < 4.78 is 0. The first kappa shape index (κ1) is 20.3. The van der Waals surface area contributed by atoms with E-state index in [1.807, 2.05) is 48.5 Å². The highest BCUT2D eigenvalue weighted by atomic mass is 35.5. The zero-order valence-electron chi connectivity index (χ0n) is 16.1. The van der Waals surface area contributed by atoms with E-state index in [4.69, 9.17) is 11.6 Å². The number of carbonyl (C=O) groups is 2. The van der Waals surface area contributed by atoms with Crippen molar-refractivity contribution in [2.24, 2.45) is 0 Å². The molecule has 0 aliphatic carbocycles. The van der Waals surface area contributed by atoms with Gasteiger partial charge in [-0.25, -0.2) is 0 Å². The number of hydrogen-bond donors (Lipinski definition) is 1. The zero-order valence-corrected chi connectivity index (χ0v) is 17.7. The quantitative estimate of drug-likeness (QED) is 0.534. The van der Waals surface area contributed by atoms with Crippen molar-refractivity contribution in [1.82, 2.24) is 5.32 Å². The van der Waals surface area contributed by atoms with Crippen LogP contribution < -0.4 is 10.2 Å². The Hall–Kier alpha value is -3.02. The van der Waals surface area contributed by atoms with E-state index < -0.39 is 0 Å². The molecule has 1 N–H and O–H groups in total. The molecule has 2 amide bonds. The van der Waals surface area contributed by atoms with E-state index >= 15 is 0 Å². The van der Waals surface area contributed by atoms with E-state index in [2.05, 4.69) is 11.9 Å². The Morgan fingerprint density at radius 3 is 2.63 bits per heavy atom. The van der Waals surface area contributed by atoms with Crippen molar-refractivity contribution in [2.45, 2.75) is 16.3 Å². The lowest BCUT2D eigenvalue weighted by Gasteiger charge is -2.22. The Morgan fingerprint density at radius 1 is 1.07 bits per heavy atom. The molecule has 1 aliphatic rings. The Bertz CT molecular complexity index is 1150. The summed E-state index contributed by atoms with van der Waals surface area (Å²) in [6.45, 7) is 4.46. The van der Waals surface area contributed by atoms with Gasteiger partial charge >= 0.3 is 0 Å². The maximum Gasteiger partial charge on any atom is 0.259 e. The van der Waals surface area contributed by atoms with Crippen LogP contribution in [0.25, 0.3) is 0 Å². The van der Waals surface area contributed by atoms with Gasteiger partial charge in [-0.2, -0.15) is 0 Å². The van der Waals surface area contributed by atoms with Gasteiger partial charge in [-0.3, -0.25) is 9.59 Å². The Balaban J connectivity index is 1.64.